The number of nitrogens with zero attached hydrogens (tertiary/aromatic N) is 2. The summed E-state index contributed by atoms with van der Waals surface area (Å²) >= 11 is 0. The standard InChI is InChI=1S/C5H6N2O6P2/c8-4(7-2-1-6-3-7)5-11-14(9)13-15(10)12-5/h1-5,8H/q+2. The number of hydrogen-bond donors (Lipinski definition) is 1. The molecule has 2 heterocycles. The van der Waals surface area contributed by atoms with Gasteiger partial charge in [0.25, 0.3) is 0 Å². The van der Waals surface area contributed by atoms with Gasteiger partial charge >= 0.3 is 22.8 Å². The van der Waals surface area contributed by atoms with Gasteiger partial charge in [-0.1, -0.05) is 9.05 Å². The largest absolute Gasteiger partial charge is 0.750 e. The molecule has 3 unspecified atom stereocenters. The second-order valence-corrected chi connectivity index (χ2v) is 4.50. The Hall–Kier alpha value is -0.750. The van der Waals surface area contributed by atoms with Crippen LogP contribution < -0.4 is 0 Å². The maximum atomic E-state index is 10.9. The van der Waals surface area contributed by atoms with E-state index < -0.39 is 29.0 Å². The van der Waals surface area contributed by atoms with Crippen LogP contribution in [0.2, 0.25) is 0 Å². The monoisotopic (exact) mass is 252 g/mol. The summed E-state index contributed by atoms with van der Waals surface area (Å²) in [5.41, 5.74) is 0. The summed E-state index contributed by atoms with van der Waals surface area (Å²) in [6, 6.07) is 0. The van der Waals surface area contributed by atoms with Crippen molar-refractivity contribution in [1.82, 2.24) is 9.55 Å². The zero-order valence-electron chi connectivity index (χ0n) is 7.16. The Morgan fingerprint density at radius 1 is 1.40 bits per heavy atom. The van der Waals surface area contributed by atoms with Gasteiger partial charge in [-0.15, -0.1) is 0 Å². The quantitative estimate of drug-likeness (QED) is 0.785. The Morgan fingerprint density at radius 3 is 2.60 bits per heavy atom. The van der Waals surface area contributed by atoms with E-state index in [0.717, 1.165) is 0 Å². The molecule has 0 spiro atoms. The molecule has 8 nitrogen and oxygen atoms in total. The van der Waals surface area contributed by atoms with Crippen molar-refractivity contribution in [2.45, 2.75) is 12.5 Å². The van der Waals surface area contributed by atoms with Crippen LogP contribution in [0.1, 0.15) is 6.23 Å². The van der Waals surface area contributed by atoms with Crippen LogP contribution in [0.3, 0.4) is 0 Å². The maximum Gasteiger partial charge on any atom is 0.750 e. The highest BCUT2D eigenvalue weighted by Crippen LogP contribution is 2.49. The minimum atomic E-state index is -2.53. The van der Waals surface area contributed by atoms with Crippen LogP contribution in [-0.2, 0) is 22.5 Å². The zero-order valence-corrected chi connectivity index (χ0v) is 8.95. The van der Waals surface area contributed by atoms with Crippen molar-refractivity contribution in [2.75, 3.05) is 0 Å². The van der Waals surface area contributed by atoms with Crippen molar-refractivity contribution < 1.29 is 27.6 Å². The molecule has 1 fully saturated rings. The summed E-state index contributed by atoms with van der Waals surface area (Å²) in [7, 11) is -5.06. The molecule has 1 N–H and O–H groups in total. The van der Waals surface area contributed by atoms with Gasteiger partial charge in [-0.05, 0) is 0 Å². The van der Waals surface area contributed by atoms with E-state index in [1.807, 2.05) is 0 Å². The minimum absolute atomic E-state index is 1.25. The van der Waals surface area contributed by atoms with Crippen LogP contribution >= 0.6 is 16.5 Å². The van der Waals surface area contributed by atoms with Gasteiger partial charge in [-0.25, -0.2) is 4.98 Å². The van der Waals surface area contributed by atoms with Gasteiger partial charge in [-0.2, -0.15) is 0 Å². The predicted molar refractivity (Wildman–Crippen MR) is 45.7 cm³/mol. The van der Waals surface area contributed by atoms with Crippen molar-refractivity contribution in [2.24, 2.45) is 0 Å². The predicted octanol–water partition coefficient (Wildman–Crippen LogP) is 1.08. The van der Waals surface area contributed by atoms with Crippen molar-refractivity contribution in [3.63, 3.8) is 0 Å². The molecule has 80 valence electrons. The van der Waals surface area contributed by atoms with E-state index >= 15 is 0 Å². The summed E-state index contributed by atoms with van der Waals surface area (Å²) in [6.45, 7) is 0. The number of hydrogen-bond acceptors (Lipinski definition) is 7. The lowest BCUT2D eigenvalue weighted by Gasteiger charge is -2.13. The van der Waals surface area contributed by atoms with Gasteiger partial charge in [0.1, 0.15) is 0 Å². The van der Waals surface area contributed by atoms with E-state index in [-0.39, 0.29) is 0 Å². The molecule has 0 bridgehead atoms. The Bertz CT molecular complexity index is 365. The fourth-order valence-electron chi connectivity index (χ4n) is 0.957. The normalized spacial score (nSPS) is 29.0. The molecule has 0 radical (unpaired) electrons. The first-order valence-corrected chi connectivity index (χ1v) is 5.97. The molecule has 1 aliphatic rings. The van der Waals surface area contributed by atoms with Gasteiger partial charge < -0.3 is 9.67 Å². The first-order chi connectivity index (χ1) is 7.16. The van der Waals surface area contributed by atoms with Crippen LogP contribution in [0.25, 0.3) is 0 Å². The second-order valence-electron chi connectivity index (χ2n) is 2.53. The van der Waals surface area contributed by atoms with Gasteiger partial charge in [0.05, 0.1) is 6.33 Å². The van der Waals surface area contributed by atoms with Gasteiger partial charge in [0, 0.05) is 21.5 Å². The number of aliphatic hydroxyl groups is 1. The third-order valence-corrected chi connectivity index (χ3v) is 3.41. The van der Waals surface area contributed by atoms with E-state index in [9.17, 15) is 14.2 Å². The third-order valence-electron chi connectivity index (χ3n) is 1.59. The molecule has 1 aliphatic heterocycles. The van der Waals surface area contributed by atoms with E-state index in [4.69, 9.17) is 0 Å². The van der Waals surface area contributed by atoms with E-state index in [0.29, 0.717) is 0 Å². The van der Waals surface area contributed by atoms with Gasteiger partial charge in [0.15, 0.2) is 10.5 Å². The molecule has 1 saturated heterocycles. The van der Waals surface area contributed by atoms with Crippen molar-refractivity contribution in [3.05, 3.63) is 18.7 Å². The number of imidazole rings is 1. The highest BCUT2D eigenvalue weighted by Gasteiger charge is 2.55. The van der Waals surface area contributed by atoms with Crippen LogP contribution in [0, 0.1) is 0 Å². The fourth-order valence-corrected chi connectivity index (χ4v) is 2.41. The average Bonchev–Trinajstić information content (AvgIpc) is 2.67. The molecule has 10 heteroatoms. The smallest absolute Gasteiger partial charge is 0.368 e. The summed E-state index contributed by atoms with van der Waals surface area (Å²) in [6.07, 6.45) is 1.61. The lowest BCUT2D eigenvalue weighted by molar-refractivity contribution is -0.129. The average molecular weight is 252 g/mol. The Kier molecular flexibility index (Phi) is 3.16. The molecule has 1 aromatic rings. The van der Waals surface area contributed by atoms with Gasteiger partial charge in [-0.3, -0.25) is 0 Å². The van der Waals surface area contributed by atoms with Crippen molar-refractivity contribution in [3.8, 4) is 0 Å². The van der Waals surface area contributed by atoms with Crippen LogP contribution in [0.5, 0.6) is 0 Å². The van der Waals surface area contributed by atoms with Crippen molar-refractivity contribution >= 4 is 16.5 Å². The van der Waals surface area contributed by atoms with Crippen LogP contribution in [0.15, 0.2) is 18.7 Å². The SMILES string of the molecule is O=[P+]1OC(C(O)n2ccnc2)O[P+](=O)O1. The van der Waals surface area contributed by atoms with E-state index in [2.05, 4.69) is 18.3 Å². The van der Waals surface area contributed by atoms with Crippen LogP contribution in [0.4, 0.5) is 0 Å². The number of aromatic nitrogens is 2. The summed E-state index contributed by atoms with van der Waals surface area (Å²) in [5.74, 6) is 0. The minimum Gasteiger partial charge on any atom is -0.368 e. The Balaban J connectivity index is 2.10. The molecular formula is C5H6N2O6P2+2. The number of rotatable bonds is 2. The molecule has 2 rings (SSSR count). The molecule has 0 aliphatic carbocycles. The van der Waals surface area contributed by atoms with Crippen molar-refractivity contribution in [1.29, 1.82) is 0 Å². The highest BCUT2D eigenvalue weighted by atomic mass is 31.2. The third kappa shape index (κ3) is 2.43. The van der Waals surface area contributed by atoms with Crippen LogP contribution in [-0.4, -0.2) is 20.9 Å². The summed E-state index contributed by atoms with van der Waals surface area (Å²) in [5, 5.41) is 9.63. The molecule has 0 aromatic carbocycles. The maximum absolute atomic E-state index is 10.9. The fraction of sp³-hybridized carbons (Fsp3) is 0.400. The topological polar surface area (TPSA) is 99.9 Å². The Morgan fingerprint density at radius 2 is 2.07 bits per heavy atom. The van der Waals surface area contributed by atoms with E-state index in [1.165, 1.54) is 23.3 Å². The molecular weight excluding hydrogens is 246 g/mol. The Labute approximate surface area is 85.7 Å². The van der Waals surface area contributed by atoms with E-state index in [1.54, 1.807) is 0 Å². The zero-order chi connectivity index (χ0) is 10.8. The summed E-state index contributed by atoms with van der Waals surface area (Å²) < 4.78 is 36.4. The second kappa shape index (κ2) is 4.40. The molecule has 1 aromatic heterocycles. The molecule has 0 saturated carbocycles. The first-order valence-electron chi connectivity index (χ1n) is 3.78. The lowest BCUT2D eigenvalue weighted by atomic mass is 10.5. The van der Waals surface area contributed by atoms with Gasteiger partial charge in [0.2, 0.25) is 0 Å². The first kappa shape index (κ1) is 10.8. The number of aliphatic hydroxyl groups excluding tert-OH is 1. The molecule has 15 heavy (non-hydrogen) atoms. The molecule has 0 amide bonds. The summed E-state index contributed by atoms with van der Waals surface area (Å²) in [4.78, 5) is 3.69. The highest BCUT2D eigenvalue weighted by molar-refractivity contribution is 7.48. The lowest BCUT2D eigenvalue weighted by Crippen LogP contribution is -2.27. The molecule has 3 atom stereocenters.